The lowest BCUT2D eigenvalue weighted by molar-refractivity contribution is 0.375. The third-order valence-corrected chi connectivity index (χ3v) is 10.6. The molecule has 22 nitrogen and oxygen atoms in total. The normalized spacial score (nSPS) is 16.7. The van der Waals surface area contributed by atoms with Crippen LogP contribution >= 0.6 is 10.9 Å². The molecule has 0 saturated carbocycles. The number of nitrogens with one attached hydrogen (secondary N) is 1. The number of hydrogen-bond donors (Lipinski definition) is 8. The average Bonchev–Trinajstić information content (AvgIpc) is 3.57. The van der Waals surface area contributed by atoms with E-state index >= 15 is 0 Å². The van der Waals surface area contributed by atoms with E-state index in [9.17, 15) is 49.8 Å². The van der Waals surface area contributed by atoms with Gasteiger partial charge in [0.2, 0.25) is 0 Å². The number of methoxy groups -OCH3 is 1. The first-order valence-electron chi connectivity index (χ1n) is 15.4. The van der Waals surface area contributed by atoms with Gasteiger partial charge in [-0.15, -0.1) is 35.7 Å². The molecule has 2 atom stereocenters. The predicted molar refractivity (Wildman–Crippen MR) is 202 cm³/mol. The van der Waals surface area contributed by atoms with Gasteiger partial charge in [0.25, 0.3) is 26.5 Å². The molecule has 0 aliphatic carbocycles. The SMILES string of the molecule is [C-]#[N+]C1=NC(N=Nc2ccc(N=Nc3cc(O)c(N=Nc4c(S(O)(O)O)cc5cccc(S(=O)(=O)O)c5c4O)cc3OC)c3cc(S(=O)(=O)O)ccc23)NC1[N+]#[C-]. The molecule has 0 radical (unpaired) electrons. The van der Waals surface area contributed by atoms with Crippen molar-refractivity contribution < 1.29 is 54.5 Å². The summed E-state index contributed by atoms with van der Waals surface area (Å²) < 4.78 is 103. The van der Waals surface area contributed by atoms with Crippen LogP contribution in [0.4, 0.5) is 28.4 Å². The van der Waals surface area contributed by atoms with Crippen LogP contribution in [0.15, 0.2) is 117 Å². The largest absolute Gasteiger partial charge is 0.506 e. The first-order valence-corrected chi connectivity index (χ1v) is 19.8. The zero-order valence-electron chi connectivity index (χ0n) is 28.4. The van der Waals surface area contributed by atoms with Gasteiger partial charge in [0.15, 0.2) is 5.75 Å². The summed E-state index contributed by atoms with van der Waals surface area (Å²) in [6, 6.07) is 12.8. The van der Waals surface area contributed by atoms with Crippen molar-refractivity contribution in [1.29, 1.82) is 0 Å². The lowest BCUT2D eigenvalue weighted by Gasteiger charge is -2.22. The number of benzene rings is 5. The van der Waals surface area contributed by atoms with Crippen LogP contribution in [0.5, 0.6) is 17.2 Å². The maximum Gasteiger partial charge on any atom is 0.344 e. The van der Waals surface area contributed by atoms with E-state index in [-0.39, 0.29) is 50.5 Å². The minimum absolute atomic E-state index is 0.0340. The van der Waals surface area contributed by atoms with Gasteiger partial charge in [-0.2, -0.15) is 22.2 Å². The van der Waals surface area contributed by atoms with Crippen molar-refractivity contribution in [2.75, 3.05) is 7.11 Å². The molecule has 1 heterocycles. The summed E-state index contributed by atoms with van der Waals surface area (Å²) in [4.78, 5) is 8.41. The summed E-state index contributed by atoms with van der Waals surface area (Å²) in [5.41, 5.74) is -1.11. The molecular weight excluding hydrogens is 813 g/mol. The van der Waals surface area contributed by atoms with Crippen LogP contribution in [0.3, 0.4) is 0 Å². The molecule has 0 fully saturated rings. The number of azo groups is 3. The Kier molecular flexibility index (Phi) is 10.7. The van der Waals surface area contributed by atoms with E-state index < -0.39 is 80.8 Å². The maximum atomic E-state index is 12.0. The fourth-order valence-electron chi connectivity index (χ4n) is 5.41. The Morgan fingerprint density at radius 1 is 0.754 bits per heavy atom. The second kappa shape index (κ2) is 15.2. The summed E-state index contributed by atoms with van der Waals surface area (Å²) in [7, 11) is -13.0. The van der Waals surface area contributed by atoms with Crippen molar-refractivity contribution in [1.82, 2.24) is 5.32 Å². The first kappa shape index (κ1) is 40.2. The zero-order valence-corrected chi connectivity index (χ0v) is 30.9. The molecule has 0 bridgehead atoms. The number of aromatic hydroxyl groups is 2. The topological polar surface area (TPSA) is 326 Å². The Morgan fingerprint density at radius 3 is 2.05 bits per heavy atom. The summed E-state index contributed by atoms with van der Waals surface area (Å²) in [6.45, 7) is 14.4. The van der Waals surface area contributed by atoms with Gasteiger partial charge in [0.1, 0.15) is 44.3 Å². The van der Waals surface area contributed by atoms with Crippen LogP contribution in [0.25, 0.3) is 31.2 Å². The number of nitrogens with zero attached hydrogens (tertiary/aromatic N) is 9. The highest BCUT2D eigenvalue weighted by molar-refractivity contribution is 8.19. The first-order chi connectivity index (χ1) is 26.8. The number of ether oxygens (including phenoxy) is 1. The third kappa shape index (κ3) is 8.22. The number of phenols is 2. The van der Waals surface area contributed by atoms with Crippen molar-refractivity contribution in [2.45, 2.75) is 27.1 Å². The Balaban J connectivity index is 1.39. The Morgan fingerprint density at radius 2 is 1.44 bits per heavy atom. The molecule has 6 rings (SSSR count). The van der Waals surface area contributed by atoms with Crippen LogP contribution in [0, 0.1) is 13.1 Å². The van der Waals surface area contributed by atoms with Crippen LogP contribution in [0.1, 0.15) is 0 Å². The van der Waals surface area contributed by atoms with Crippen molar-refractivity contribution >= 4 is 86.9 Å². The van der Waals surface area contributed by atoms with Crippen molar-refractivity contribution in [3.05, 3.63) is 89.6 Å². The van der Waals surface area contributed by atoms with Gasteiger partial charge in [0.05, 0.1) is 28.3 Å². The van der Waals surface area contributed by atoms with E-state index in [1.807, 2.05) is 0 Å². The second-order valence-corrected chi connectivity index (χ2v) is 15.8. The van der Waals surface area contributed by atoms with Gasteiger partial charge in [-0.25, -0.2) is 6.57 Å². The molecule has 0 spiro atoms. The number of phenolic OH excluding ortho intramolecular Hbond substituents is 2. The Bertz CT molecular complexity index is 2940. The number of aliphatic imine (C=N–C) groups is 1. The summed E-state index contributed by atoms with van der Waals surface area (Å²) >= 11 is 0. The molecule has 292 valence electrons. The van der Waals surface area contributed by atoms with E-state index in [1.165, 1.54) is 37.4 Å². The molecule has 2 unspecified atom stereocenters. The third-order valence-electron chi connectivity index (χ3n) is 7.98. The second-order valence-electron chi connectivity index (χ2n) is 11.5. The van der Waals surface area contributed by atoms with Gasteiger partial charge in [0, 0.05) is 28.3 Å². The van der Waals surface area contributed by atoms with Crippen LogP contribution in [-0.4, -0.2) is 75.2 Å². The van der Waals surface area contributed by atoms with Crippen molar-refractivity contribution in [2.24, 2.45) is 35.7 Å². The lowest BCUT2D eigenvalue weighted by atomic mass is 10.1. The van der Waals surface area contributed by atoms with Crippen LogP contribution in [0.2, 0.25) is 0 Å². The monoisotopic (exact) mass is 836 g/mol. The quantitative estimate of drug-likeness (QED) is 0.0378. The van der Waals surface area contributed by atoms with E-state index in [0.717, 1.165) is 36.4 Å². The molecule has 0 amide bonds. The molecule has 57 heavy (non-hydrogen) atoms. The molecule has 1 aliphatic heterocycles. The average molecular weight is 837 g/mol. The van der Waals surface area contributed by atoms with Crippen LogP contribution < -0.4 is 10.1 Å². The molecule has 0 aromatic heterocycles. The smallest absolute Gasteiger partial charge is 0.344 e. The number of amidine groups is 1. The number of fused-ring (bicyclic) bond motifs is 2. The highest BCUT2D eigenvalue weighted by Gasteiger charge is 2.35. The fourth-order valence-corrected chi connectivity index (χ4v) is 7.32. The van der Waals surface area contributed by atoms with Gasteiger partial charge >= 0.3 is 12.0 Å². The van der Waals surface area contributed by atoms with Gasteiger partial charge in [-0.3, -0.25) is 9.11 Å². The highest BCUT2D eigenvalue weighted by atomic mass is 32.3. The fraction of sp³-hybridized carbons (Fsp3) is 0.0938. The maximum absolute atomic E-state index is 12.0. The Labute approximate surface area is 322 Å². The van der Waals surface area contributed by atoms with Gasteiger partial charge < -0.3 is 38.3 Å². The van der Waals surface area contributed by atoms with E-state index in [1.54, 1.807) is 0 Å². The number of rotatable bonds is 10. The minimum atomic E-state index is -4.92. The Hall–Kier alpha value is -6.52. The van der Waals surface area contributed by atoms with Gasteiger partial charge in [-0.1, -0.05) is 24.8 Å². The molecule has 1 aliphatic rings. The van der Waals surface area contributed by atoms with E-state index in [4.69, 9.17) is 17.9 Å². The summed E-state index contributed by atoms with van der Waals surface area (Å²) in [5, 5.41) is 48.4. The summed E-state index contributed by atoms with van der Waals surface area (Å²) in [6.07, 6.45) is -2.05. The standard InChI is InChI=1S/C32H24N10O12S3/c1-33-30-31(34-2)36-32(35-30)42-38-19-9-10-20(18-12-16(55(45,46)47)7-8-17(18)19)37-40-22-13-23(43)21(14-24(22)54-3)39-41-28-26(57(51,52)53)11-15-5-4-6-25(56(48,49)50)27(15)29(28)44/h4-14,30,32,35,43-44,51-53H,3H3,(H,45,46,47)(H,48,49,50). The van der Waals surface area contributed by atoms with Crippen molar-refractivity contribution in [3.63, 3.8) is 0 Å². The zero-order chi connectivity index (χ0) is 41.4. The number of hydrogen-bond acceptors (Lipinski definition) is 18. The van der Waals surface area contributed by atoms with E-state index in [0.29, 0.717) is 0 Å². The molecular formula is C32H24N10O12S3. The summed E-state index contributed by atoms with van der Waals surface area (Å²) in [5.74, 6) is -1.84. The minimum Gasteiger partial charge on any atom is -0.506 e. The highest BCUT2D eigenvalue weighted by Crippen LogP contribution is 2.55. The van der Waals surface area contributed by atoms with Crippen molar-refractivity contribution in [3.8, 4) is 17.2 Å². The molecule has 5 aromatic rings. The molecule has 0 saturated heterocycles. The predicted octanol–water partition coefficient (Wildman–Crippen LogP) is 7.85. The lowest BCUT2D eigenvalue weighted by Crippen LogP contribution is -2.29. The molecule has 8 N–H and O–H groups in total. The van der Waals surface area contributed by atoms with Crippen LogP contribution in [-0.2, 0) is 20.2 Å². The van der Waals surface area contributed by atoms with Gasteiger partial charge in [-0.05, 0) is 41.8 Å². The van der Waals surface area contributed by atoms with E-state index in [2.05, 4.69) is 50.7 Å². The molecule has 5 aromatic carbocycles. The molecule has 25 heteroatoms.